The van der Waals surface area contributed by atoms with Crippen molar-refractivity contribution in [3.63, 3.8) is 0 Å². The number of benzene rings is 1. The van der Waals surface area contributed by atoms with Gasteiger partial charge in [0.05, 0.1) is 0 Å². The van der Waals surface area contributed by atoms with Gasteiger partial charge < -0.3 is 4.90 Å². The van der Waals surface area contributed by atoms with Gasteiger partial charge in [-0.2, -0.15) is 0 Å². The number of carbonyl (C=O) groups is 2. The predicted octanol–water partition coefficient (Wildman–Crippen LogP) is 3.58. The van der Waals surface area contributed by atoms with Gasteiger partial charge in [0.2, 0.25) is 5.91 Å². The van der Waals surface area contributed by atoms with Gasteiger partial charge in [-0.15, -0.1) is 0 Å². The fourth-order valence-corrected chi connectivity index (χ4v) is 3.33. The number of carbonyl (C=O) groups excluding carboxylic acids is 2. The first kappa shape index (κ1) is 13.3. The van der Waals surface area contributed by atoms with Crippen molar-refractivity contribution >= 4 is 17.4 Å². The zero-order valence-electron chi connectivity index (χ0n) is 11.8. The molecule has 1 aliphatic heterocycles. The summed E-state index contributed by atoms with van der Waals surface area (Å²) >= 11 is 0. The van der Waals surface area contributed by atoms with Crippen LogP contribution in [0.4, 0.5) is 5.69 Å². The minimum Gasteiger partial charge on any atom is -0.312 e. The van der Waals surface area contributed by atoms with E-state index < -0.39 is 0 Å². The normalized spacial score (nSPS) is 20.4. The fourth-order valence-electron chi connectivity index (χ4n) is 3.33. The summed E-state index contributed by atoms with van der Waals surface area (Å²) in [4.78, 5) is 25.9. The molecule has 2 fully saturated rings. The monoisotopic (exact) mass is 271 g/mol. The van der Waals surface area contributed by atoms with Gasteiger partial charge in [0.25, 0.3) is 0 Å². The molecular formula is C17H21NO2. The molecule has 3 heteroatoms. The van der Waals surface area contributed by atoms with E-state index in [1.807, 2.05) is 29.2 Å². The molecule has 0 atom stereocenters. The van der Waals surface area contributed by atoms with Crippen molar-refractivity contribution in [3.8, 4) is 0 Å². The van der Waals surface area contributed by atoms with Crippen molar-refractivity contribution in [1.82, 2.24) is 0 Å². The van der Waals surface area contributed by atoms with Gasteiger partial charge in [-0.3, -0.25) is 9.59 Å². The number of anilines is 1. The summed E-state index contributed by atoms with van der Waals surface area (Å²) in [5, 5.41) is 0. The SMILES string of the molecule is O=C(c1ccc(N2CCCC2=O)cc1)C1CCCCC1. The summed E-state index contributed by atoms with van der Waals surface area (Å²) in [6.45, 7) is 0.800. The number of rotatable bonds is 3. The molecular weight excluding hydrogens is 250 g/mol. The van der Waals surface area contributed by atoms with Crippen LogP contribution >= 0.6 is 0 Å². The van der Waals surface area contributed by atoms with Crippen LogP contribution < -0.4 is 4.90 Å². The first-order valence-electron chi connectivity index (χ1n) is 7.70. The van der Waals surface area contributed by atoms with Crippen LogP contribution in [0.2, 0.25) is 0 Å². The van der Waals surface area contributed by atoms with Crippen LogP contribution in [-0.2, 0) is 4.79 Å². The van der Waals surface area contributed by atoms with Gasteiger partial charge in [-0.05, 0) is 43.5 Å². The molecule has 106 valence electrons. The first-order chi connectivity index (χ1) is 9.75. The van der Waals surface area contributed by atoms with Crippen molar-refractivity contribution in [2.24, 2.45) is 5.92 Å². The number of hydrogen-bond acceptors (Lipinski definition) is 2. The molecule has 0 radical (unpaired) electrons. The van der Waals surface area contributed by atoms with Crippen molar-refractivity contribution in [3.05, 3.63) is 29.8 Å². The third-order valence-electron chi connectivity index (χ3n) is 4.51. The number of ketones is 1. The molecule has 1 aliphatic carbocycles. The molecule has 1 amide bonds. The molecule has 3 rings (SSSR count). The Hall–Kier alpha value is -1.64. The molecule has 2 aliphatic rings. The van der Waals surface area contributed by atoms with E-state index in [1.54, 1.807) is 0 Å². The molecule has 1 saturated carbocycles. The third kappa shape index (κ3) is 2.62. The van der Waals surface area contributed by atoms with E-state index in [0.717, 1.165) is 37.1 Å². The third-order valence-corrected chi connectivity index (χ3v) is 4.51. The van der Waals surface area contributed by atoms with Gasteiger partial charge in [0.15, 0.2) is 5.78 Å². The minimum atomic E-state index is 0.191. The number of hydrogen-bond donors (Lipinski definition) is 0. The molecule has 0 bridgehead atoms. The molecule has 3 nitrogen and oxygen atoms in total. The average Bonchev–Trinajstić information content (AvgIpc) is 2.94. The topological polar surface area (TPSA) is 37.4 Å². The highest BCUT2D eigenvalue weighted by molar-refractivity contribution is 5.99. The summed E-state index contributed by atoms with van der Waals surface area (Å²) in [7, 11) is 0. The van der Waals surface area contributed by atoms with Crippen LogP contribution in [0.5, 0.6) is 0 Å². The van der Waals surface area contributed by atoms with E-state index in [2.05, 4.69) is 0 Å². The second kappa shape index (κ2) is 5.78. The molecule has 0 unspecified atom stereocenters. The van der Waals surface area contributed by atoms with E-state index in [4.69, 9.17) is 0 Å². The molecule has 0 N–H and O–H groups in total. The Morgan fingerprint density at radius 3 is 2.30 bits per heavy atom. The van der Waals surface area contributed by atoms with Crippen LogP contribution in [0.25, 0.3) is 0 Å². The van der Waals surface area contributed by atoms with Gasteiger partial charge in [0.1, 0.15) is 0 Å². The van der Waals surface area contributed by atoms with Gasteiger partial charge in [-0.25, -0.2) is 0 Å². The lowest BCUT2D eigenvalue weighted by atomic mass is 9.84. The highest BCUT2D eigenvalue weighted by atomic mass is 16.2. The van der Waals surface area contributed by atoms with Gasteiger partial charge in [0, 0.05) is 30.1 Å². The van der Waals surface area contributed by atoms with Crippen molar-refractivity contribution in [1.29, 1.82) is 0 Å². The van der Waals surface area contributed by atoms with Crippen LogP contribution in [0.3, 0.4) is 0 Å². The first-order valence-corrected chi connectivity index (χ1v) is 7.70. The van der Waals surface area contributed by atoms with E-state index in [-0.39, 0.29) is 17.6 Å². The summed E-state index contributed by atoms with van der Waals surface area (Å²) in [6.07, 6.45) is 7.26. The molecule has 0 aromatic heterocycles. The predicted molar refractivity (Wildman–Crippen MR) is 78.9 cm³/mol. The Morgan fingerprint density at radius 1 is 1.00 bits per heavy atom. The van der Waals surface area contributed by atoms with E-state index in [1.165, 1.54) is 19.3 Å². The Kier molecular flexibility index (Phi) is 3.86. The smallest absolute Gasteiger partial charge is 0.227 e. The minimum absolute atomic E-state index is 0.191. The quantitative estimate of drug-likeness (QED) is 0.788. The average molecular weight is 271 g/mol. The largest absolute Gasteiger partial charge is 0.312 e. The van der Waals surface area contributed by atoms with Crippen LogP contribution in [0.15, 0.2) is 24.3 Å². The molecule has 1 heterocycles. The lowest BCUT2D eigenvalue weighted by Gasteiger charge is -2.21. The maximum atomic E-state index is 12.4. The number of Topliss-reactive ketones (excluding diaryl/α,β-unsaturated/α-hetero) is 1. The van der Waals surface area contributed by atoms with E-state index in [9.17, 15) is 9.59 Å². The Morgan fingerprint density at radius 2 is 1.70 bits per heavy atom. The van der Waals surface area contributed by atoms with Crippen molar-refractivity contribution < 1.29 is 9.59 Å². The Bertz CT molecular complexity index is 500. The van der Waals surface area contributed by atoms with Crippen molar-refractivity contribution in [2.45, 2.75) is 44.9 Å². The zero-order chi connectivity index (χ0) is 13.9. The highest BCUT2D eigenvalue weighted by Gasteiger charge is 2.24. The van der Waals surface area contributed by atoms with Crippen LogP contribution in [0, 0.1) is 5.92 Å². The standard InChI is InChI=1S/C17H21NO2/c19-16-7-4-12-18(16)15-10-8-14(9-11-15)17(20)13-5-2-1-3-6-13/h8-11,13H,1-7,12H2. The fraction of sp³-hybridized carbons (Fsp3) is 0.529. The maximum Gasteiger partial charge on any atom is 0.227 e. The number of nitrogens with zero attached hydrogens (tertiary/aromatic N) is 1. The van der Waals surface area contributed by atoms with Gasteiger partial charge >= 0.3 is 0 Å². The maximum absolute atomic E-state index is 12.4. The van der Waals surface area contributed by atoms with Crippen LogP contribution in [0.1, 0.15) is 55.3 Å². The van der Waals surface area contributed by atoms with Crippen molar-refractivity contribution in [2.75, 3.05) is 11.4 Å². The van der Waals surface area contributed by atoms with E-state index in [0.29, 0.717) is 6.42 Å². The number of amides is 1. The summed E-state index contributed by atoms with van der Waals surface area (Å²) in [5.41, 5.74) is 1.72. The second-order valence-corrected chi connectivity index (χ2v) is 5.89. The molecule has 20 heavy (non-hydrogen) atoms. The lowest BCUT2D eigenvalue weighted by molar-refractivity contribution is -0.117. The second-order valence-electron chi connectivity index (χ2n) is 5.89. The summed E-state index contributed by atoms with van der Waals surface area (Å²) < 4.78 is 0. The van der Waals surface area contributed by atoms with Gasteiger partial charge in [-0.1, -0.05) is 19.3 Å². The lowest BCUT2D eigenvalue weighted by Crippen LogP contribution is -2.23. The van der Waals surface area contributed by atoms with Crippen LogP contribution in [-0.4, -0.2) is 18.2 Å². The highest BCUT2D eigenvalue weighted by Crippen LogP contribution is 2.28. The Labute approximate surface area is 120 Å². The molecule has 1 saturated heterocycles. The summed E-state index contributed by atoms with van der Waals surface area (Å²) in [5.74, 6) is 0.684. The zero-order valence-corrected chi connectivity index (χ0v) is 11.8. The molecule has 0 spiro atoms. The van der Waals surface area contributed by atoms with E-state index >= 15 is 0 Å². The molecule has 1 aromatic carbocycles. The molecule has 1 aromatic rings. The summed E-state index contributed by atoms with van der Waals surface area (Å²) in [6, 6.07) is 7.61. The Balaban J connectivity index is 1.72.